The Labute approximate surface area is 183 Å². The van der Waals surface area contributed by atoms with E-state index in [0.717, 1.165) is 44.3 Å². The molecule has 0 spiro atoms. The first-order valence-electron chi connectivity index (χ1n) is 10.4. The molecular weight excluding hydrogens is 413 g/mol. The van der Waals surface area contributed by atoms with Crippen molar-refractivity contribution in [1.29, 1.82) is 0 Å². The van der Waals surface area contributed by atoms with Crippen molar-refractivity contribution >= 4 is 10.9 Å². The largest absolute Gasteiger partial charge is 0.492 e. The summed E-state index contributed by atoms with van der Waals surface area (Å²) < 4.78 is 26.4. The van der Waals surface area contributed by atoms with E-state index in [2.05, 4.69) is 20.2 Å². The number of fused-ring (bicyclic) bond motifs is 1. The summed E-state index contributed by atoms with van der Waals surface area (Å²) in [5.41, 5.74) is 1.74. The smallest absolute Gasteiger partial charge is 0.258 e. The fraction of sp³-hybridized carbons (Fsp3) is 0.261. The molecule has 0 saturated carbocycles. The van der Waals surface area contributed by atoms with Gasteiger partial charge in [0, 0.05) is 36.6 Å². The third kappa shape index (κ3) is 4.39. The average molecular weight is 435 g/mol. The molecule has 0 radical (unpaired) electrons. The highest BCUT2D eigenvalue weighted by atomic mass is 19.1. The van der Waals surface area contributed by atoms with Crippen LogP contribution in [0.25, 0.3) is 27.8 Å². The van der Waals surface area contributed by atoms with Gasteiger partial charge in [0.15, 0.2) is 0 Å². The number of nitrogens with one attached hydrogen (secondary N) is 1. The van der Waals surface area contributed by atoms with Gasteiger partial charge >= 0.3 is 0 Å². The summed E-state index contributed by atoms with van der Waals surface area (Å²) in [6.07, 6.45) is 1.67. The summed E-state index contributed by atoms with van der Waals surface area (Å²) in [6.45, 7) is 4.79. The summed E-state index contributed by atoms with van der Waals surface area (Å²) in [5, 5.41) is 8.89. The van der Waals surface area contributed by atoms with E-state index < -0.39 is 0 Å². The van der Waals surface area contributed by atoms with Gasteiger partial charge in [-0.05, 0) is 36.4 Å². The first kappa shape index (κ1) is 20.3. The monoisotopic (exact) mass is 435 g/mol. The van der Waals surface area contributed by atoms with Crippen LogP contribution in [0.3, 0.4) is 0 Å². The molecule has 0 atom stereocenters. The van der Waals surface area contributed by atoms with E-state index in [9.17, 15) is 9.18 Å². The minimum absolute atomic E-state index is 0.309. The maximum Gasteiger partial charge on any atom is 0.258 e. The number of pyridine rings is 1. The normalized spacial score (nSPS) is 14.7. The maximum atomic E-state index is 13.6. The molecule has 1 N–H and O–H groups in total. The maximum absolute atomic E-state index is 13.6. The van der Waals surface area contributed by atoms with E-state index in [4.69, 9.17) is 9.47 Å². The molecular formula is C23H22FN5O3. The minimum Gasteiger partial charge on any atom is -0.492 e. The van der Waals surface area contributed by atoms with Crippen LogP contribution in [0.2, 0.25) is 0 Å². The Balaban J connectivity index is 1.33. The highest BCUT2D eigenvalue weighted by Gasteiger charge is 2.12. The molecule has 0 bridgehead atoms. The molecule has 1 aliphatic heterocycles. The second-order valence-corrected chi connectivity index (χ2v) is 7.59. The zero-order chi connectivity index (χ0) is 21.9. The molecule has 0 aliphatic carbocycles. The van der Waals surface area contributed by atoms with Gasteiger partial charge in [0.2, 0.25) is 0 Å². The van der Waals surface area contributed by atoms with Crippen molar-refractivity contribution in [3.05, 3.63) is 70.9 Å². The number of halogens is 1. The van der Waals surface area contributed by atoms with Gasteiger partial charge in [-0.25, -0.2) is 9.07 Å². The number of rotatable bonds is 6. The van der Waals surface area contributed by atoms with Crippen LogP contribution < -0.4 is 10.3 Å². The quantitative estimate of drug-likeness (QED) is 0.501. The lowest BCUT2D eigenvalue weighted by Gasteiger charge is -2.26. The number of ether oxygens (including phenoxy) is 2. The summed E-state index contributed by atoms with van der Waals surface area (Å²) >= 11 is 0. The second kappa shape index (κ2) is 8.89. The minimum atomic E-state index is -0.371. The molecule has 3 heterocycles. The second-order valence-electron chi connectivity index (χ2n) is 7.59. The molecule has 2 aromatic heterocycles. The van der Waals surface area contributed by atoms with Crippen molar-refractivity contribution in [3.8, 4) is 22.7 Å². The first-order valence-corrected chi connectivity index (χ1v) is 10.4. The zero-order valence-electron chi connectivity index (χ0n) is 17.3. The van der Waals surface area contributed by atoms with Crippen molar-refractivity contribution in [3.63, 3.8) is 0 Å². The number of morpholine rings is 1. The molecule has 1 aliphatic rings. The molecule has 2 aromatic carbocycles. The number of aromatic amines is 1. The van der Waals surface area contributed by atoms with Gasteiger partial charge in [-0.2, -0.15) is 0 Å². The average Bonchev–Trinajstić information content (AvgIpc) is 3.30. The topological polar surface area (TPSA) is 85.3 Å². The van der Waals surface area contributed by atoms with Crippen LogP contribution in [0, 0.1) is 5.82 Å². The van der Waals surface area contributed by atoms with Crippen molar-refractivity contribution in [2.45, 2.75) is 0 Å². The third-order valence-electron chi connectivity index (χ3n) is 5.44. The first-order chi connectivity index (χ1) is 15.7. The Morgan fingerprint density at radius 2 is 2.00 bits per heavy atom. The van der Waals surface area contributed by atoms with E-state index in [1.807, 2.05) is 24.3 Å². The number of hydrogen-bond acceptors (Lipinski definition) is 6. The van der Waals surface area contributed by atoms with Crippen LogP contribution in [0.5, 0.6) is 5.75 Å². The van der Waals surface area contributed by atoms with E-state index in [0.29, 0.717) is 28.8 Å². The molecule has 9 heteroatoms. The molecule has 164 valence electrons. The van der Waals surface area contributed by atoms with Crippen LogP contribution in [0.4, 0.5) is 4.39 Å². The van der Waals surface area contributed by atoms with Gasteiger partial charge in [-0.1, -0.05) is 11.3 Å². The Morgan fingerprint density at radius 3 is 2.88 bits per heavy atom. The molecule has 1 fully saturated rings. The third-order valence-corrected chi connectivity index (χ3v) is 5.44. The molecule has 8 nitrogen and oxygen atoms in total. The van der Waals surface area contributed by atoms with Crippen LogP contribution >= 0.6 is 0 Å². The van der Waals surface area contributed by atoms with E-state index >= 15 is 0 Å². The van der Waals surface area contributed by atoms with Crippen LogP contribution in [0.15, 0.2) is 59.5 Å². The van der Waals surface area contributed by atoms with Gasteiger partial charge in [0.05, 0.1) is 30.7 Å². The Kier molecular flexibility index (Phi) is 5.66. The number of hydrogen-bond donors (Lipinski definition) is 1. The van der Waals surface area contributed by atoms with Crippen molar-refractivity contribution in [2.24, 2.45) is 0 Å². The van der Waals surface area contributed by atoms with Crippen LogP contribution in [-0.2, 0) is 4.74 Å². The van der Waals surface area contributed by atoms with E-state index in [-0.39, 0.29) is 11.4 Å². The van der Waals surface area contributed by atoms with Crippen molar-refractivity contribution in [2.75, 3.05) is 39.5 Å². The highest BCUT2D eigenvalue weighted by Crippen LogP contribution is 2.21. The van der Waals surface area contributed by atoms with Gasteiger partial charge in [0.25, 0.3) is 5.56 Å². The summed E-state index contributed by atoms with van der Waals surface area (Å²) in [6, 6.07) is 13.4. The molecule has 32 heavy (non-hydrogen) atoms. The molecule has 4 aromatic rings. The summed E-state index contributed by atoms with van der Waals surface area (Å²) in [5.74, 6) is 0.358. The van der Waals surface area contributed by atoms with Crippen molar-refractivity contribution < 1.29 is 13.9 Å². The van der Waals surface area contributed by atoms with Gasteiger partial charge in [-0.15, -0.1) is 5.10 Å². The number of aromatic nitrogens is 4. The lowest BCUT2D eigenvalue weighted by atomic mass is 10.1. The highest BCUT2D eigenvalue weighted by molar-refractivity contribution is 5.82. The number of H-pyrrole nitrogens is 1. The number of nitrogens with zero attached hydrogens (tertiary/aromatic N) is 4. The fourth-order valence-electron chi connectivity index (χ4n) is 3.71. The summed E-state index contributed by atoms with van der Waals surface area (Å²) in [4.78, 5) is 17.6. The molecule has 5 rings (SSSR count). The number of benzene rings is 2. The zero-order valence-corrected chi connectivity index (χ0v) is 17.3. The van der Waals surface area contributed by atoms with Crippen LogP contribution in [-0.4, -0.2) is 64.3 Å². The fourth-order valence-corrected chi connectivity index (χ4v) is 3.71. The molecule has 0 amide bonds. The Hall–Kier alpha value is -3.56. The van der Waals surface area contributed by atoms with Gasteiger partial charge in [0.1, 0.15) is 23.9 Å². The van der Waals surface area contributed by atoms with E-state index in [1.54, 1.807) is 16.9 Å². The van der Waals surface area contributed by atoms with Gasteiger partial charge < -0.3 is 14.5 Å². The Morgan fingerprint density at radius 1 is 1.12 bits per heavy atom. The van der Waals surface area contributed by atoms with E-state index in [1.165, 1.54) is 18.2 Å². The van der Waals surface area contributed by atoms with Crippen LogP contribution in [0.1, 0.15) is 0 Å². The standard InChI is InChI=1S/C23H22FN5O3/c24-17-4-5-21-16(12-17)13-20(23(30)25-21)22-15-29(27-26-22)18-2-1-3-19(14-18)32-11-8-28-6-9-31-10-7-28/h1-5,12-15H,6-11H2,(H,25,30). The predicted molar refractivity (Wildman–Crippen MR) is 118 cm³/mol. The Bertz CT molecular complexity index is 1300. The SMILES string of the molecule is O=c1[nH]c2ccc(F)cc2cc1-c1cn(-c2cccc(OCCN3CCOCC3)c2)nn1. The van der Waals surface area contributed by atoms with Gasteiger partial charge in [-0.3, -0.25) is 9.69 Å². The lowest BCUT2D eigenvalue weighted by molar-refractivity contribution is 0.0322. The summed E-state index contributed by atoms with van der Waals surface area (Å²) in [7, 11) is 0. The molecule has 1 saturated heterocycles. The lowest BCUT2D eigenvalue weighted by Crippen LogP contribution is -2.38. The molecule has 0 unspecified atom stereocenters. The van der Waals surface area contributed by atoms with Crippen molar-refractivity contribution in [1.82, 2.24) is 24.9 Å². The predicted octanol–water partition coefficient (Wildman–Crippen LogP) is 2.63.